The van der Waals surface area contributed by atoms with Crippen molar-refractivity contribution in [1.29, 1.82) is 5.26 Å². The predicted molar refractivity (Wildman–Crippen MR) is 100 cm³/mol. The van der Waals surface area contributed by atoms with E-state index in [9.17, 15) is 9.59 Å². The molecule has 7 nitrogen and oxygen atoms in total. The van der Waals surface area contributed by atoms with Crippen molar-refractivity contribution in [2.45, 2.75) is 32.9 Å². The Bertz CT molecular complexity index is 858. The van der Waals surface area contributed by atoms with E-state index < -0.39 is 12.1 Å². The van der Waals surface area contributed by atoms with Crippen LogP contribution in [0.15, 0.2) is 30.3 Å². The van der Waals surface area contributed by atoms with Crippen LogP contribution in [0.5, 0.6) is 0 Å². The number of amides is 1. The number of benzene rings is 1. The number of ether oxygens (including phenoxy) is 1. The maximum absolute atomic E-state index is 12.5. The third kappa shape index (κ3) is 5.08. The molecule has 2 aromatic rings. The number of carbonyl (C=O) groups excluding carboxylic acids is 2. The summed E-state index contributed by atoms with van der Waals surface area (Å²) in [5.41, 5.74) is 1.56. The summed E-state index contributed by atoms with van der Waals surface area (Å²) in [6.07, 6.45) is -0.783. The Labute approximate surface area is 163 Å². The Hall–Kier alpha value is -2.85. The monoisotopic (exact) mass is 388 g/mol. The van der Waals surface area contributed by atoms with Crippen LogP contribution in [0.4, 0.5) is 0 Å². The largest absolute Gasteiger partial charge is 0.449 e. The molecule has 0 unspecified atom stereocenters. The number of halogens is 1. The van der Waals surface area contributed by atoms with Gasteiger partial charge in [-0.2, -0.15) is 10.4 Å². The van der Waals surface area contributed by atoms with Gasteiger partial charge < -0.3 is 9.64 Å². The maximum Gasteiger partial charge on any atom is 0.343 e. The number of nitriles is 1. The molecule has 0 spiro atoms. The van der Waals surface area contributed by atoms with Gasteiger partial charge in [0.15, 0.2) is 6.10 Å². The van der Waals surface area contributed by atoms with Crippen molar-refractivity contribution in [2.24, 2.45) is 0 Å². The molecule has 1 atom stereocenters. The molecule has 0 bridgehead atoms. The molecule has 0 radical (unpaired) electrons. The normalized spacial score (nSPS) is 11.5. The van der Waals surface area contributed by atoms with Gasteiger partial charge in [0.25, 0.3) is 5.91 Å². The summed E-state index contributed by atoms with van der Waals surface area (Å²) in [5, 5.41) is 13.1. The molecular weight excluding hydrogens is 368 g/mol. The van der Waals surface area contributed by atoms with E-state index in [-0.39, 0.29) is 29.6 Å². The molecule has 1 heterocycles. The molecule has 0 aliphatic carbocycles. The molecule has 0 saturated heterocycles. The van der Waals surface area contributed by atoms with Gasteiger partial charge in [0, 0.05) is 13.6 Å². The first-order valence-corrected chi connectivity index (χ1v) is 8.82. The fourth-order valence-corrected chi connectivity index (χ4v) is 2.87. The summed E-state index contributed by atoms with van der Waals surface area (Å²) in [4.78, 5) is 26.1. The highest BCUT2D eigenvalue weighted by Crippen LogP contribution is 2.22. The van der Waals surface area contributed by atoms with Crippen molar-refractivity contribution in [3.63, 3.8) is 0 Å². The Kier molecular flexibility index (Phi) is 6.97. The summed E-state index contributed by atoms with van der Waals surface area (Å²) in [5.74, 6) is -1.09. The first kappa shape index (κ1) is 20.5. The predicted octanol–water partition coefficient (Wildman–Crippen LogP) is 2.81. The van der Waals surface area contributed by atoms with Crippen molar-refractivity contribution in [2.75, 3.05) is 13.6 Å². The highest BCUT2D eigenvalue weighted by atomic mass is 35.5. The third-order valence-electron chi connectivity index (χ3n) is 4.01. The molecule has 0 saturated carbocycles. The van der Waals surface area contributed by atoms with E-state index in [4.69, 9.17) is 21.6 Å². The van der Waals surface area contributed by atoms with E-state index in [1.807, 2.05) is 36.4 Å². The highest BCUT2D eigenvalue weighted by molar-refractivity contribution is 6.32. The molecule has 1 aromatic heterocycles. The lowest BCUT2D eigenvalue weighted by molar-refractivity contribution is -0.138. The van der Waals surface area contributed by atoms with Crippen LogP contribution in [-0.2, 0) is 16.1 Å². The van der Waals surface area contributed by atoms with E-state index in [1.165, 1.54) is 16.5 Å². The maximum atomic E-state index is 12.5. The number of likely N-dealkylation sites (N-methyl/N-ethyl adjacent to an activating group) is 1. The second-order valence-corrected chi connectivity index (χ2v) is 6.47. The molecule has 0 N–H and O–H groups in total. The van der Waals surface area contributed by atoms with E-state index in [0.29, 0.717) is 12.2 Å². The molecule has 1 aromatic carbocycles. The number of aromatic nitrogens is 2. The van der Waals surface area contributed by atoms with Crippen LogP contribution < -0.4 is 0 Å². The summed E-state index contributed by atoms with van der Waals surface area (Å²) < 4.78 is 6.80. The minimum atomic E-state index is -0.992. The molecule has 2 rings (SSSR count). The number of esters is 1. The average molecular weight is 389 g/mol. The van der Waals surface area contributed by atoms with Crippen molar-refractivity contribution in [1.82, 2.24) is 14.7 Å². The minimum absolute atomic E-state index is 0.145. The number of aryl methyl sites for hydroxylation is 1. The number of carbonyl (C=O) groups is 2. The first-order chi connectivity index (χ1) is 12.8. The number of hydrogen-bond acceptors (Lipinski definition) is 5. The smallest absolute Gasteiger partial charge is 0.343 e. The lowest BCUT2D eigenvalue weighted by Crippen LogP contribution is -2.38. The van der Waals surface area contributed by atoms with Crippen LogP contribution in [0, 0.1) is 18.3 Å². The van der Waals surface area contributed by atoms with Crippen LogP contribution in [0.1, 0.15) is 35.0 Å². The van der Waals surface area contributed by atoms with E-state index in [1.54, 1.807) is 14.0 Å². The summed E-state index contributed by atoms with van der Waals surface area (Å²) in [6, 6.07) is 11.6. The van der Waals surface area contributed by atoms with E-state index in [2.05, 4.69) is 5.10 Å². The Morgan fingerprint density at radius 2 is 2.04 bits per heavy atom. The third-order valence-corrected chi connectivity index (χ3v) is 4.40. The lowest BCUT2D eigenvalue weighted by Gasteiger charge is -2.20. The molecule has 0 aliphatic rings. The zero-order valence-electron chi connectivity index (χ0n) is 15.5. The SMILES string of the molecule is Cc1nn(Cc2ccccc2)c(Cl)c1C(=O)O[C@@H](C)C(=O)N(C)CCC#N. The quantitative estimate of drug-likeness (QED) is 0.680. The van der Waals surface area contributed by atoms with Gasteiger partial charge in [0.2, 0.25) is 0 Å². The summed E-state index contributed by atoms with van der Waals surface area (Å²) in [7, 11) is 1.56. The highest BCUT2D eigenvalue weighted by Gasteiger charge is 2.27. The first-order valence-electron chi connectivity index (χ1n) is 8.44. The van der Waals surface area contributed by atoms with Gasteiger partial charge in [-0.15, -0.1) is 0 Å². The van der Waals surface area contributed by atoms with Crippen LogP contribution >= 0.6 is 11.6 Å². The molecule has 0 aliphatic heterocycles. The molecule has 27 heavy (non-hydrogen) atoms. The molecule has 8 heteroatoms. The standard InChI is InChI=1S/C19H21ClN4O3/c1-13-16(17(20)24(22-13)12-15-8-5-4-6-9-15)19(26)27-14(2)18(25)23(3)11-7-10-21/h4-6,8-9,14H,7,11-12H2,1-3H3/t14-/m0/s1. The minimum Gasteiger partial charge on any atom is -0.449 e. The molecule has 142 valence electrons. The molecule has 1 amide bonds. The number of rotatable bonds is 7. The van der Waals surface area contributed by atoms with Crippen LogP contribution in [0.2, 0.25) is 5.15 Å². The fraction of sp³-hybridized carbons (Fsp3) is 0.368. The Balaban J connectivity index is 2.10. The van der Waals surface area contributed by atoms with Crippen molar-refractivity contribution in [3.8, 4) is 6.07 Å². The fourth-order valence-electron chi connectivity index (χ4n) is 2.55. The zero-order chi connectivity index (χ0) is 20.0. The van der Waals surface area contributed by atoms with Gasteiger partial charge in [-0.05, 0) is 19.4 Å². The lowest BCUT2D eigenvalue weighted by atomic mass is 10.2. The van der Waals surface area contributed by atoms with Gasteiger partial charge in [0.05, 0.1) is 24.7 Å². The number of nitrogens with zero attached hydrogens (tertiary/aromatic N) is 4. The Morgan fingerprint density at radius 1 is 1.37 bits per heavy atom. The average Bonchev–Trinajstić information content (AvgIpc) is 2.93. The van der Waals surface area contributed by atoms with Gasteiger partial charge >= 0.3 is 5.97 Å². The summed E-state index contributed by atoms with van der Waals surface area (Å²) in [6.45, 7) is 3.83. The second kappa shape index (κ2) is 9.19. The van der Waals surface area contributed by atoms with Crippen LogP contribution in [0.25, 0.3) is 0 Å². The molecular formula is C19H21ClN4O3. The number of hydrogen-bond donors (Lipinski definition) is 0. The van der Waals surface area contributed by atoms with Crippen molar-refractivity contribution in [3.05, 3.63) is 52.3 Å². The van der Waals surface area contributed by atoms with Crippen LogP contribution in [0.3, 0.4) is 0 Å². The molecule has 0 fully saturated rings. The van der Waals surface area contributed by atoms with Gasteiger partial charge in [-0.25, -0.2) is 9.48 Å². The summed E-state index contributed by atoms with van der Waals surface area (Å²) >= 11 is 6.34. The van der Waals surface area contributed by atoms with Gasteiger partial charge in [-0.1, -0.05) is 41.9 Å². The van der Waals surface area contributed by atoms with E-state index in [0.717, 1.165) is 5.56 Å². The van der Waals surface area contributed by atoms with Crippen LogP contribution in [-0.4, -0.2) is 46.3 Å². The van der Waals surface area contributed by atoms with Gasteiger partial charge in [0.1, 0.15) is 10.7 Å². The second-order valence-electron chi connectivity index (χ2n) is 6.11. The van der Waals surface area contributed by atoms with E-state index >= 15 is 0 Å². The van der Waals surface area contributed by atoms with Crippen molar-refractivity contribution >= 4 is 23.5 Å². The van der Waals surface area contributed by atoms with Crippen molar-refractivity contribution < 1.29 is 14.3 Å². The van der Waals surface area contributed by atoms with Gasteiger partial charge in [-0.3, -0.25) is 4.79 Å². The zero-order valence-corrected chi connectivity index (χ0v) is 16.2. The Morgan fingerprint density at radius 3 is 2.67 bits per heavy atom. The topological polar surface area (TPSA) is 88.2 Å².